The third-order valence-electron chi connectivity index (χ3n) is 2.62. The highest BCUT2D eigenvalue weighted by Gasteiger charge is 2.07. The van der Waals surface area contributed by atoms with E-state index in [0.29, 0.717) is 16.4 Å². The Bertz CT molecular complexity index is 747. The number of nitrogens with zero attached hydrogens (tertiary/aromatic N) is 2. The van der Waals surface area contributed by atoms with Gasteiger partial charge in [0, 0.05) is 12.3 Å². The van der Waals surface area contributed by atoms with E-state index in [-0.39, 0.29) is 5.56 Å². The number of para-hydroxylation sites is 1. The molecule has 0 aliphatic carbocycles. The number of aromatic nitrogens is 2. The molecule has 0 saturated carbocycles. The Hall–Kier alpha value is -2.36. The number of benzene rings is 1. The second kappa shape index (κ2) is 3.06. The van der Waals surface area contributed by atoms with Gasteiger partial charge < -0.3 is 5.21 Å². The first-order chi connectivity index (χ1) is 7.77. The van der Waals surface area contributed by atoms with Crippen LogP contribution in [0.2, 0.25) is 0 Å². The van der Waals surface area contributed by atoms with E-state index in [1.165, 1.54) is 10.6 Å². The minimum atomic E-state index is -0.176. The van der Waals surface area contributed by atoms with Crippen molar-refractivity contribution in [2.24, 2.45) is 0 Å². The van der Waals surface area contributed by atoms with Gasteiger partial charge in [-0.2, -0.15) is 4.73 Å². The van der Waals surface area contributed by atoms with Gasteiger partial charge in [0.2, 0.25) is 11.7 Å². The molecule has 0 N–H and O–H groups in total. The van der Waals surface area contributed by atoms with Crippen molar-refractivity contribution in [3.63, 3.8) is 0 Å². The van der Waals surface area contributed by atoms with Crippen LogP contribution in [0.3, 0.4) is 0 Å². The van der Waals surface area contributed by atoms with Crippen LogP contribution >= 0.6 is 0 Å². The van der Waals surface area contributed by atoms with Gasteiger partial charge >= 0.3 is 0 Å². The minimum Gasteiger partial charge on any atom is -0.618 e. The third-order valence-corrected chi connectivity index (χ3v) is 2.62. The van der Waals surface area contributed by atoms with E-state index in [4.69, 9.17) is 0 Å². The molecule has 2 aromatic heterocycles. The summed E-state index contributed by atoms with van der Waals surface area (Å²) in [6.45, 7) is 0. The summed E-state index contributed by atoms with van der Waals surface area (Å²) in [6, 6.07) is 10.3. The van der Waals surface area contributed by atoms with E-state index in [2.05, 4.69) is 0 Å². The maximum atomic E-state index is 12.1. The molecule has 0 spiro atoms. The average Bonchev–Trinajstić information content (AvgIpc) is 2.72. The van der Waals surface area contributed by atoms with E-state index in [0.717, 1.165) is 4.73 Å². The summed E-state index contributed by atoms with van der Waals surface area (Å²) in [6.07, 6.45) is 3.06. The van der Waals surface area contributed by atoms with Gasteiger partial charge in [0.15, 0.2) is 0 Å². The van der Waals surface area contributed by atoms with Crippen molar-refractivity contribution < 1.29 is 4.73 Å². The van der Waals surface area contributed by atoms with Crippen LogP contribution < -0.4 is 10.3 Å². The fourth-order valence-electron chi connectivity index (χ4n) is 1.85. The zero-order valence-electron chi connectivity index (χ0n) is 8.33. The molecule has 0 bridgehead atoms. The lowest BCUT2D eigenvalue weighted by atomic mass is 10.2. The number of fused-ring (bicyclic) bond motifs is 2. The summed E-state index contributed by atoms with van der Waals surface area (Å²) in [4.78, 5) is 12.1. The maximum Gasteiger partial charge on any atom is 0.269 e. The van der Waals surface area contributed by atoms with Crippen molar-refractivity contribution in [3.05, 3.63) is 64.4 Å². The second-order valence-electron chi connectivity index (χ2n) is 3.58. The molecule has 4 nitrogen and oxygen atoms in total. The zero-order valence-corrected chi connectivity index (χ0v) is 8.33. The summed E-state index contributed by atoms with van der Waals surface area (Å²) < 4.78 is 2.20. The van der Waals surface area contributed by atoms with Crippen LogP contribution in [0.4, 0.5) is 0 Å². The molecule has 3 rings (SSSR count). The summed E-state index contributed by atoms with van der Waals surface area (Å²) in [7, 11) is 0. The fourth-order valence-corrected chi connectivity index (χ4v) is 1.85. The first-order valence-electron chi connectivity index (χ1n) is 4.90. The van der Waals surface area contributed by atoms with Crippen molar-refractivity contribution in [1.82, 2.24) is 4.40 Å². The topological polar surface area (TPSA) is 48.4 Å². The first kappa shape index (κ1) is 8.91. The van der Waals surface area contributed by atoms with Crippen LogP contribution in [0.1, 0.15) is 0 Å². The Labute approximate surface area is 90.6 Å². The quantitative estimate of drug-likeness (QED) is 0.413. The van der Waals surface area contributed by atoms with Crippen molar-refractivity contribution >= 4 is 16.4 Å². The van der Waals surface area contributed by atoms with Crippen LogP contribution in [0, 0.1) is 5.21 Å². The molecule has 16 heavy (non-hydrogen) atoms. The Morgan fingerprint density at radius 3 is 2.81 bits per heavy atom. The van der Waals surface area contributed by atoms with Gasteiger partial charge in [-0.3, -0.25) is 9.20 Å². The predicted octanol–water partition coefficient (Wildman–Crippen LogP) is 1.09. The van der Waals surface area contributed by atoms with E-state index in [9.17, 15) is 10.0 Å². The lowest BCUT2D eigenvalue weighted by molar-refractivity contribution is -0.575. The molecule has 0 radical (unpaired) electrons. The maximum absolute atomic E-state index is 12.1. The van der Waals surface area contributed by atoms with Crippen molar-refractivity contribution in [3.8, 4) is 0 Å². The Balaban J connectivity index is 2.75. The molecule has 78 valence electrons. The first-order valence-corrected chi connectivity index (χ1v) is 4.90. The molecule has 4 heteroatoms. The van der Waals surface area contributed by atoms with Crippen LogP contribution in [-0.4, -0.2) is 4.40 Å². The van der Waals surface area contributed by atoms with Crippen molar-refractivity contribution in [2.75, 3.05) is 0 Å². The van der Waals surface area contributed by atoms with Crippen LogP contribution in [0.5, 0.6) is 0 Å². The van der Waals surface area contributed by atoms with Gasteiger partial charge in [-0.05, 0) is 18.2 Å². The van der Waals surface area contributed by atoms with Crippen molar-refractivity contribution in [2.45, 2.75) is 0 Å². The molecule has 0 atom stereocenters. The normalized spacial score (nSPS) is 11.0. The number of rotatable bonds is 0. The van der Waals surface area contributed by atoms with E-state index < -0.39 is 0 Å². The molecule has 0 amide bonds. The lowest BCUT2D eigenvalue weighted by Gasteiger charge is -1.93. The van der Waals surface area contributed by atoms with Gasteiger partial charge in [-0.25, -0.2) is 0 Å². The van der Waals surface area contributed by atoms with Gasteiger partial charge in [-0.15, -0.1) is 0 Å². The SMILES string of the molecule is O=c1c2ccccc2[n+]([O-])cc2cccn12. The molecule has 0 saturated heterocycles. The summed E-state index contributed by atoms with van der Waals surface area (Å²) in [5.41, 5.74) is 0.803. The lowest BCUT2D eigenvalue weighted by Crippen LogP contribution is -2.24. The zero-order chi connectivity index (χ0) is 11.1. The van der Waals surface area contributed by atoms with Gasteiger partial charge in [0.05, 0.1) is 0 Å². The predicted molar refractivity (Wildman–Crippen MR) is 60.1 cm³/mol. The summed E-state index contributed by atoms with van der Waals surface area (Å²) >= 11 is 0. The molecule has 0 unspecified atom stereocenters. The summed E-state index contributed by atoms with van der Waals surface area (Å²) in [5.74, 6) is 0. The summed E-state index contributed by atoms with van der Waals surface area (Å²) in [5, 5.41) is 12.2. The Morgan fingerprint density at radius 1 is 1.12 bits per heavy atom. The third kappa shape index (κ3) is 1.10. The molecule has 2 heterocycles. The van der Waals surface area contributed by atoms with E-state index in [1.807, 2.05) is 0 Å². The largest absolute Gasteiger partial charge is 0.618 e. The standard InChI is InChI=1S/C12H8N2O2/c15-12-10-5-1-2-6-11(10)14(16)8-9-4-3-7-13(9)12/h1-8H. The smallest absolute Gasteiger partial charge is 0.269 e. The number of hydrogen-bond donors (Lipinski definition) is 0. The van der Waals surface area contributed by atoms with Gasteiger partial charge in [-0.1, -0.05) is 12.1 Å². The minimum absolute atomic E-state index is 0.176. The highest BCUT2D eigenvalue weighted by Crippen LogP contribution is 2.05. The molecular weight excluding hydrogens is 204 g/mol. The van der Waals surface area contributed by atoms with Gasteiger partial charge in [0.25, 0.3) is 5.56 Å². The molecule has 0 aliphatic rings. The Kier molecular flexibility index (Phi) is 1.71. The van der Waals surface area contributed by atoms with Crippen molar-refractivity contribution in [1.29, 1.82) is 0 Å². The monoisotopic (exact) mass is 212 g/mol. The molecular formula is C12H8N2O2. The molecule has 0 fully saturated rings. The molecule has 0 aliphatic heterocycles. The second-order valence-corrected chi connectivity index (χ2v) is 3.58. The average molecular weight is 212 g/mol. The fraction of sp³-hybridized carbons (Fsp3) is 0. The molecule has 1 aromatic carbocycles. The number of hydrogen-bond acceptors (Lipinski definition) is 2. The molecule has 3 aromatic rings. The van der Waals surface area contributed by atoms with Gasteiger partial charge in [0.1, 0.15) is 10.9 Å². The van der Waals surface area contributed by atoms with E-state index in [1.54, 1.807) is 42.6 Å². The highest BCUT2D eigenvalue weighted by atomic mass is 16.5. The van der Waals surface area contributed by atoms with Crippen LogP contribution in [0.25, 0.3) is 16.4 Å². The van der Waals surface area contributed by atoms with E-state index >= 15 is 0 Å². The Morgan fingerprint density at radius 2 is 1.94 bits per heavy atom. The van der Waals surface area contributed by atoms with Crippen LogP contribution in [-0.2, 0) is 0 Å². The highest BCUT2D eigenvalue weighted by molar-refractivity contribution is 5.74. The van der Waals surface area contributed by atoms with Crippen LogP contribution in [0.15, 0.2) is 53.6 Å².